The zero-order valence-electron chi connectivity index (χ0n) is 15.5. The molecule has 0 radical (unpaired) electrons. The van der Waals surface area contributed by atoms with E-state index in [0.717, 1.165) is 22.6 Å². The molecule has 0 bridgehead atoms. The molecule has 1 aromatic heterocycles. The number of hydrogen-bond donors (Lipinski definition) is 2. The lowest BCUT2D eigenvalue weighted by Gasteiger charge is -2.13. The third-order valence-corrected chi connectivity index (χ3v) is 4.36. The minimum absolute atomic E-state index is 0.194. The normalized spacial score (nSPS) is 10.4. The number of rotatable bonds is 5. The first-order valence-electron chi connectivity index (χ1n) is 8.50. The number of carbonyl (C=O) groups excluding carboxylic acids is 1. The van der Waals surface area contributed by atoms with Gasteiger partial charge < -0.3 is 15.5 Å². The number of hydrogen-bond acceptors (Lipinski definition) is 4. The molecule has 3 rings (SSSR count). The summed E-state index contributed by atoms with van der Waals surface area (Å²) >= 11 is 6.06. The highest BCUT2D eigenvalue weighted by Gasteiger charge is 2.09. The second kappa shape index (κ2) is 8.10. The highest BCUT2D eigenvalue weighted by molar-refractivity contribution is 6.30. The van der Waals surface area contributed by atoms with Gasteiger partial charge in [-0.2, -0.15) is 0 Å². The van der Waals surface area contributed by atoms with Crippen molar-refractivity contribution in [1.82, 2.24) is 4.98 Å². The zero-order chi connectivity index (χ0) is 19.4. The number of aromatic nitrogens is 1. The Morgan fingerprint density at radius 1 is 1.04 bits per heavy atom. The summed E-state index contributed by atoms with van der Waals surface area (Å²) in [6.45, 7) is 1.98. The highest BCUT2D eigenvalue weighted by Crippen LogP contribution is 2.24. The van der Waals surface area contributed by atoms with Crippen LogP contribution in [0.25, 0.3) is 0 Å². The summed E-state index contributed by atoms with van der Waals surface area (Å²) in [5, 5.41) is 6.75. The molecule has 0 unspecified atom stereocenters. The maximum atomic E-state index is 12.6. The molecule has 0 atom stereocenters. The fourth-order valence-electron chi connectivity index (χ4n) is 2.55. The second-order valence-electron chi connectivity index (χ2n) is 6.41. The predicted molar refractivity (Wildman–Crippen MR) is 112 cm³/mol. The van der Waals surface area contributed by atoms with Gasteiger partial charge in [-0.05, 0) is 61.0 Å². The van der Waals surface area contributed by atoms with Crippen LogP contribution in [0.5, 0.6) is 0 Å². The smallest absolute Gasteiger partial charge is 0.255 e. The Hall–Kier alpha value is -3.05. The van der Waals surface area contributed by atoms with Crippen molar-refractivity contribution >= 4 is 40.4 Å². The van der Waals surface area contributed by atoms with Gasteiger partial charge in [-0.3, -0.25) is 4.79 Å². The molecule has 138 valence electrons. The van der Waals surface area contributed by atoms with E-state index in [9.17, 15) is 4.79 Å². The van der Waals surface area contributed by atoms with E-state index in [1.165, 1.54) is 0 Å². The van der Waals surface area contributed by atoms with Gasteiger partial charge in [0.2, 0.25) is 0 Å². The minimum Gasteiger partial charge on any atom is -0.378 e. The maximum absolute atomic E-state index is 12.6. The molecule has 0 aliphatic rings. The second-order valence-corrected chi connectivity index (χ2v) is 6.85. The highest BCUT2D eigenvalue weighted by atomic mass is 35.5. The molecule has 0 saturated carbocycles. The number of halogens is 1. The molecule has 5 nitrogen and oxygen atoms in total. The van der Waals surface area contributed by atoms with Crippen LogP contribution < -0.4 is 15.5 Å². The fraction of sp³-hybridized carbons (Fsp3) is 0.143. The summed E-state index contributed by atoms with van der Waals surface area (Å²) in [4.78, 5) is 18.9. The van der Waals surface area contributed by atoms with Crippen LogP contribution >= 0.6 is 11.6 Å². The van der Waals surface area contributed by atoms with Crippen LogP contribution in [0.4, 0.5) is 22.9 Å². The summed E-state index contributed by atoms with van der Waals surface area (Å²) in [6.07, 6.45) is 1.60. The lowest BCUT2D eigenvalue weighted by atomic mass is 10.2. The van der Waals surface area contributed by atoms with E-state index in [-0.39, 0.29) is 5.91 Å². The van der Waals surface area contributed by atoms with Crippen LogP contribution in [0.2, 0.25) is 5.02 Å². The molecule has 27 heavy (non-hydrogen) atoms. The van der Waals surface area contributed by atoms with Gasteiger partial charge in [-0.25, -0.2) is 4.98 Å². The fourth-order valence-corrected chi connectivity index (χ4v) is 2.73. The van der Waals surface area contributed by atoms with Gasteiger partial charge in [0.25, 0.3) is 5.91 Å². The maximum Gasteiger partial charge on any atom is 0.255 e. The van der Waals surface area contributed by atoms with Crippen molar-refractivity contribution in [2.24, 2.45) is 0 Å². The molecular formula is C21H21ClN4O. The van der Waals surface area contributed by atoms with Gasteiger partial charge in [-0.15, -0.1) is 0 Å². The molecule has 6 heteroatoms. The third-order valence-electron chi connectivity index (χ3n) is 4.13. The molecule has 0 fully saturated rings. The standard InChI is InChI=1S/C21H21ClN4O/c1-14-4-5-16(22)13-19(14)25-20-12-15(10-11-23-20)21(27)24-17-6-8-18(9-7-17)26(2)3/h4-13H,1-3H3,(H,23,25)(H,24,27). The number of pyridine rings is 1. The van der Waals surface area contributed by atoms with Crippen molar-refractivity contribution in [3.05, 3.63) is 76.9 Å². The summed E-state index contributed by atoms with van der Waals surface area (Å²) in [6, 6.07) is 16.7. The van der Waals surface area contributed by atoms with Gasteiger partial charge in [0.1, 0.15) is 5.82 Å². The first-order chi connectivity index (χ1) is 12.9. The van der Waals surface area contributed by atoms with Gasteiger partial charge in [0.05, 0.1) is 0 Å². The number of nitrogens with one attached hydrogen (secondary N) is 2. The first kappa shape index (κ1) is 18.7. The Bertz CT molecular complexity index is 955. The van der Waals surface area contributed by atoms with E-state index in [1.807, 2.05) is 68.4 Å². The zero-order valence-corrected chi connectivity index (χ0v) is 16.2. The average Bonchev–Trinajstić information content (AvgIpc) is 2.65. The van der Waals surface area contributed by atoms with E-state index < -0.39 is 0 Å². The minimum atomic E-state index is -0.194. The van der Waals surface area contributed by atoms with Crippen molar-refractivity contribution in [2.45, 2.75) is 6.92 Å². The third kappa shape index (κ3) is 4.77. The van der Waals surface area contributed by atoms with E-state index in [4.69, 9.17) is 11.6 Å². The summed E-state index contributed by atoms with van der Waals surface area (Å²) < 4.78 is 0. The van der Waals surface area contributed by atoms with Gasteiger partial charge in [-0.1, -0.05) is 17.7 Å². The number of benzene rings is 2. The molecule has 1 heterocycles. The van der Waals surface area contributed by atoms with Crippen LogP contribution in [-0.2, 0) is 0 Å². The van der Waals surface area contributed by atoms with Gasteiger partial charge in [0.15, 0.2) is 0 Å². The Kier molecular flexibility index (Phi) is 5.62. The summed E-state index contributed by atoms with van der Waals surface area (Å²) in [5.74, 6) is 0.386. The van der Waals surface area contributed by atoms with E-state index in [2.05, 4.69) is 15.6 Å². The number of nitrogens with zero attached hydrogens (tertiary/aromatic N) is 2. The SMILES string of the molecule is Cc1ccc(Cl)cc1Nc1cc(C(=O)Nc2ccc(N(C)C)cc2)ccn1. The first-order valence-corrected chi connectivity index (χ1v) is 8.88. The lowest BCUT2D eigenvalue weighted by Crippen LogP contribution is -2.13. The molecular weight excluding hydrogens is 360 g/mol. The summed E-state index contributed by atoms with van der Waals surface area (Å²) in [5.41, 5.74) is 4.22. The predicted octanol–water partition coefficient (Wildman–Crippen LogP) is 5.11. The summed E-state index contributed by atoms with van der Waals surface area (Å²) in [7, 11) is 3.95. The average molecular weight is 381 g/mol. The monoisotopic (exact) mass is 380 g/mol. The number of aryl methyl sites for hydroxylation is 1. The molecule has 2 aromatic carbocycles. The Morgan fingerprint density at radius 2 is 1.78 bits per heavy atom. The Morgan fingerprint density at radius 3 is 2.48 bits per heavy atom. The van der Waals surface area contributed by atoms with Crippen LogP contribution in [0.1, 0.15) is 15.9 Å². The van der Waals surface area contributed by atoms with Crippen molar-refractivity contribution in [3.63, 3.8) is 0 Å². The quantitative estimate of drug-likeness (QED) is 0.646. The Balaban J connectivity index is 1.74. The van der Waals surface area contributed by atoms with Crippen LogP contribution in [-0.4, -0.2) is 25.0 Å². The van der Waals surface area contributed by atoms with Crippen LogP contribution in [0.3, 0.4) is 0 Å². The van der Waals surface area contributed by atoms with Crippen LogP contribution in [0, 0.1) is 6.92 Å². The van der Waals surface area contributed by atoms with E-state index >= 15 is 0 Å². The van der Waals surface area contributed by atoms with E-state index in [0.29, 0.717) is 16.4 Å². The van der Waals surface area contributed by atoms with Crippen molar-refractivity contribution in [2.75, 3.05) is 29.6 Å². The molecule has 0 saturated heterocycles. The van der Waals surface area contributed by atoms with E-state index in [1.54, 1.807) is 18.3 Å². The number of anilines is 4. The van der Waals surface area contributed by atoms with Crippen molar-refractivity contribution in [3.8, 4) is 0 Å². The van der Waals surface area contributed by atoms with Crippen molar-refractivity contribution < 1.29 is 4.79 Å². The molecule has 0 spiro atoms. The van der Waals surface area contributed by atoms with Gasteiger partial charge >= 0.3 is 0 Å². The lowest BCUT2D eigenvalue weighted by molar-refractivity contribution is 0.102. The molecule has 3 aromatic rings. The topological polar surface area (TPSA) is 57.3 Å². The molecule has 1 amide bonds. The number of carbonyl (C=O) groups is 1. The van der Waals surface area contributed by atoms with Crippen LogP contribution in [0.15, 0.2) is 60.8 Å². The molecule has 0 aliphatic carbocycles. The molecule has 2 N–H and O–H groups in total. The van der Waals surface area contributed by atoms with Gasteiger partial charge in [0, 0.05) is 47.9 Å². The van der Waals surface area contributed by atoms with Crippen molar-refractivity contribution in [1.29, 1.82) is 0 Å². The molecule has 0 aliphatic heterocycles. The number of amides is 1. The Labute approximate surface area is 164 Å². The largest absolute Gasteiger partial charge is 0.378 e.